The number of nitrogens with zero attached hydrogens (tertiary/aromatic N) is 3. The lowest BCUT2D eigenvalue weighted by molar-refractivity contribution is -0.123. The number of likely N-dealkylation sites (N-methyl/N-ethyl adjacent to an activating group) is 1. The maximum Gasteiger partial charge on any atom is 0.405 e. The van der Waals surface area contributed by atoms with Crippen molar-refractivity contribution < 1.29 is 22.8 Å². The number of urea groups is 1. The highest BCUT2D eigenvalue weighted by Crippen LogP contribution is 2.18. The Morgan fingerprint density at radius 1 is 1.10 bits per heavy atom. The number of halogens is 3. The number of aromatic nitrogens is 1. The van der Waals surface area contributed by atoms with E-state index in [1.165, 1.54) is 17.2 Å². The van der Waals surface area contributed by atoms with Crippen molar-refractivity contribution >= 4 is 23.3 Å². The van der Waals surface area contributed by atoms with Gasteiger partial charge in [0.2, 0.25) is 0 Å². The summed E-state index contributed by atoms with van der Waals surface area (Å²) in [7, 11) is 3.58. The highest BCUT2D eigenvalue weighted by atomic mass is 19.4. The van der Waals surface area contributed by atoms with Crippen molar-refractivity contribution in [2.75, 3.05) is 44.8 Å². The summed E-state index contributed by atoms with van der Waals surface area (Å²) in [6, 6.07) is 9.01. The minimum atomic E-state index is -4.50. The molecule has 0 bridgehead atoms. The van der Waals surface area contributed by atoms with E-state index in [1.807, 2.05) is 10.2 Å². The van der Waals surface area contributed by atoms with Crippen LogP contribution in [0.1, 0.15) is 16.1 Å². The van der Waals surface area contributed by atoms with Crippen molar-refractivity contribution in [3.05, 3.63) is 53.9 Å². The third kappa shape index (κ3) is 8.13. The Labute approximate surface area is 178 Å². The summed E-state index contributed by atoms with van der Waals surface area (Å²) < 4.78 is 37.3. The topological polar surface area (TPSA) is 104 Å². The van der Waals surface area contributed by atoms with Crippen molar-refractivity contribution in [3.8, 4) is 0 Å². The van der Waals surface area contributed by atoms with Crippen LogP contribution in [0.3, 0.4) is 0 Å². The van der Waals surface area contributed by atoms with E-state index in [1.54, 1.807) is 44.4 Å². The van der Waals surface area contributed by atoms with Gasteiger partial charge in [0.25, 0.3) is 5.91 Å². The minimum Gasteiger partial charge on any atom is -0.397 e. The first-order chi connectivity index (χ1) is 14.5. The van der Waals surface area contributed by atoms with Crippen LogP contribution in [-0.2, 0) is 6.54 Å². The van der Waals surface area contributed by atoms with E-state index in [0.717, 1.165) is 0 Å². The van der Waals surface area contributed by atoms with Crippen LogP contribution in [0.5, 0.6) is 0 Å². The molecule has 0 spiro atoms. The Kier molecular flexibility index (Phi) is 8.20. The molecule has 0 aliphatic carbocycles. The molecule has 0 saturated carbocycles. The number of carbonyl (C=O) groups is 2. The first-order valence-corrected chi connectivity index (χ1v) is 9.40. The van der Waals surface area contributed by atoms with Crippen molar-refractivity contribution in [2.24, 2.45) is 0 Å². The summed E-state index contributed by atoms with van der Waals surface area (Å²) in [5, 5.41) is 4.53. The minimum absolute atomic E-state index is 0.0397. The number of amides is 3. The number of benzene rings is 1. The highest BCUT2D eigenvalue weighted by Gasteiger charge is 2.29. The monoisotopic (exact) mass is 438 g/mol. The van der Waals surface area contributed by atoms with Crippen LogP contribution in [0.25, 0.3) is 0 Å². The maximum absolute atomic E-state index is 12.4. The van der Waals surface area contributed by atoms with Gasteiger partial charge in [0.1, 0.15) is 12.2 Å². The molecule has 0 radical (unpaired) electrons. The Balaban J connectivity index is 2.04. The zero-order chi connectivity index (χ0) is 23.0. The summed E-state index contributed by atoms with van der Waals surface area (Å²) in [4.78, 5) is 31.7. The van der Waals surface area contributed by atoms with Crippen LogP contribution in [0.15, 0.2) is 42.6 Å². The molecule has 1 aromatic heterocycles. The number of pyridine rings is 1. The fraction of sp³-hybridized carbons (Fsp3) is 0.350. The molecule has 3 amide bonds. The van der Waals surface area contributed by atoms with E-state index >= 15 is 0 Å². The number of hydrogen-bond donors (Lipinski definition) is 3. The predicted molar refractivity (Wildman–Crippen MR) is 111 cm³/mol. The number of alkyl halides is 3. The third-order valence-corrected chi connectivity index (χ3v) is 4.18. The van der Waals surface area contributed by atoms with E-state index in [-0.39, 0.29) is 18.8 Å². The molecule has 0 saturated heterocycles. The number of carbonyl (C=O) groups excluding carboxylic acids is 2. The maximum atomic E-state index is 12.4. The molecule has 168 valence electrons. The molecule has 0 fully saturated rings. The number of hydrogen-bond acceptors (Lipinski definition) is 5. The molecule has 2 rings (SSSR count). The van der Waals surface area contributed by atoms with Gasteiger partial charge in [-0.1, -0.05) is 18.2 Å². The molecular formula is C20H25F3N6O2. The van der Waals surface area contributed by atoms with Crippen molar-refractivity contribution in [2.45, 2.75) is 12.7 Å². The lowest BCUT2D eigenvalue weighted by Crippen LogP contribution is -2.45. The normalized spacial score (nSPS) is 11.3. The molecule has 0 aliphatic heterocycles. The fourth-order valence-corrected chi connectivity index (χ4v) is 2.53. The van der Waals surface area contributed by atoms with Crippen LogP contribution >= 0.6 is 0 Å². The average molecular weight is 438 g/mol. The molecule has 1 heterocycles. The Hall–Kier alpha value is -3.34. The largest absolute Gasteiger partial charge is 0.405 e. The number of para-hydroxylation sites is 2. The second-order valence-corrected chi connectivity index (χ2v) is 7.09. The van der Waals surface area contributed by atoms with E-state index in [4.69, 9.17) is 5.73 Å². The second kappa shape index (κ2) is 10.6. The summed E-state index contributed by atoms with van der Waals surface area (Å²) in [6.07, 6.45) is -3.09. The van der Waals surface area contributed by atoms with E-state index in [0.29, 0.717) is 23.5 Å². The fourth-order valence-electron chi connectivity index (χ4n) is 2.53. The summed E-state index contributed by atoms with van der Waals surface area (Å²) in [6.45, 7) is -0.694. The number of anilines is 2. The zero-order valence-corrected chi connectivity index (χ0v) is 17.2. The Bertz CT molecular complexity index is 887. The van der Waals surface area contributed by atoms with Gasteiger partial charge in [-0.3, -0.25) is 9.78 Å². The van der Waals surface area contributed by atoms with Gasteiger partial charge in [-0.25, -0.2) is 4.79 Å². The van der Waals surface area contributed by atoms with Crippen LogP contribution in [0.2, 0.25) is 0 Å². The van der Waals surface area contributed by atoms with Crippen LogP contribution in [-0.4, -0.2) is 66.6 Å². The Morgan fingerprint density at radius 2 is 1.81 bits per heavy atom. The van der Waals surface area contributed by atoms with Gasteiger partial charge in [-0.2, -0.15) is 13.2 Å². The quantitative estimate of drug-likeness (QED) is 0.550. The van der Waals surface area contributed by atoms with Gasteiger partial charge in [-0.15, -0.1) is 0 Å². The van der Waals surface area contributed by atoms with Gasteiger partial charge in [0.15, 0.2) is 0 Å². The average Bonchev–Trinajstić information content (AvgIpc) is 2.70. The van der Waals surface area contributed by atoms with Gasteiger partial charge in [-0.05, 0) is 37.9 Å². The van der Waals surface area contributed by atoms with Crippen molar-refractivity contribution in [1.29, 1.82) is 0 Å². The number of nitrogen functional groups attached to an aromatic ring is 1. The molecule has 4 N–H and O–H groups in total. The summed E-state index contributed by atoms with van der Waals surface area (Å²) >= 11 is 0. The zero-order valence-electron chi connectivity index (χ0n) is 17.2. The first-order valence-electron chi connectivity index (χ1n) is 9.40. The summed E-state index contributed by atoms with van der Waals surface area (Å²) in [5.41, 5.74) is 7.37. The smallest absolute Gasteiger partial charge is 0.397 e. The summed E-state index contributed by atoms with van der Waals surface area (Å²) in [5.74, 6) is -0.461. The van der Waals surface area contributed by atoms with Gasteiger partial charge in [0, 0.05) is 25.8 Å². The number of rotatable bonds is 8. The molecule has 11 heteroatoms. The molecule has 0 unspecified atom stereocenters. The SMILES string of the molecule is CN(C)CCN(Cc1ccc(C(=O)Nc2ccccc2N)nc1)C(=O)NCC(F)(F)F. The van der Waals surface area contributed by atoms with Crippen LogP contribution < -0.4 is 16.4 Å². The van der Waals surface area contributed by atoms with Gasteiger partial charge in [0.05, 0.1) is 11.4 Å². The van der Waals surface area contributed by atoms with Crippen LogP contribution in [0.4, 0.5) is 29.3 Å². The van der Waals surface area contributed by atoms with E-state index in [9.17, 15) is 22.8 Å². The molecule has 8 nitrogen and oxygen atoms in total. The first kappa shape index (κ1) is 23.9. The van der Waals surface area contributed by atoms with Crippen molar-refractivity contribution in [1.82, 2.24) is 20.1 Å². The highest BCUT2D eigenvalue weighted by molar-refractivity contribution is 6.04. The third-order valence-electron chi connectivity index (χ3n) is 4.18. The number of nitrogens with two attached hydrogens (primary N) is 1. The second-order valence-electron chi connectivity index (χ2n) is 7.09. The van der Waals surface area contributed by atoms with Gasteiger partial charge < -0.3 is 26.2 Å². The molecule has 31 heavy (non-hydrogen) atoms. The lowest BCUT2D eigenvalue weighted by Gasteiger charge is -2.25. The molecule has 1 aromatic carbocycles. The lowest BCUT2D eigenvalue weighted by atomic mass is 10.2. The van der Waals surface area contributed by atoms with E-state index in [2.05, 4.69) is 10.3 Å². The Morgan fingerprint density at radius 3 is 2.39 bits per heavy atom. The molecule has 0 aliphatic rings. The standard InChI is InChI=1S/C20H25F3N6O2/c1-28(2)9-10-29(19(31)26-13-20(21,22)23)12-14-7-8-17(25-11-14)18(30)27-16-6-4-3-5-15(16)24/h3-8,11H,9-10,12-13,24H2,1-2H3,(H,26,31)(H,27,30). The van der Waals surface area contributed by atoms with E-state index < -0.39 is 24.7 Å². The van der Waals surface area contributed by atoms with Crippen LogP contribution in [0, 0.1) is 0 Å². The molecule has 0 atom stereocenters. The molecule has 2 aromatic rings. The predicted octanol–water partition coefficient (Wildman–Crippen LogP) is 2.55. The van der Waals surface area contributed by atoms with Crippen molar-refractivity contribution in [3.63, 3.8) is 0 Å². The van der Waals surface area contributed by atoms with Gasteiger partial charge >= 0.3 is 12.2 Å². The molecular weight excluding hydrogens is 413 g/mol. The number of nitrogens with one attached hydrogen (secondary N) is 2.